The summed E-state index contributed by atoms with van der Waals surface area (Å²) < 4.78 is 0. The van der Waals surface area contributed by atoms with Crippen LogP contribution in [0.2, 0.25) is 0 Å². The Labute approximate surface area is 303 Å². The van der Waals surface area contributed by atoms with E-state index in [4.69, 9.17) is 0 Å². The molecule has 0 atom stereocenters. The molecule has 0 heterocycles. The van der Waals surface area contributed by atoms with Gasteiger partial charge >= 0.3 is 0 Å². The Kier molecular flexibility index (Phi) is 7.23. The predicted molar refractivity (Wildman–Crippen MR) is 199 cm³/mol. The van der Waals surface area contributed by atoms with Crippen molar-refractivity contribution in [1.29, 1.82) is 0 Å². The summed E-state index contributed by atoms with van der Waals surface area (Å²) in [6, 6.07) is 21.2. The highest BCUT2D eigenvalue weighted by atomic mass is 16.3. The smallest absolute Gasteiger partial charge is 0.147 e. The van der Waals surface area contributed by atoms with Gasteiger partial charge in [0.25, 0.3) is 0 Å². The molecule has 8 rings (SSSR count). The van der Waals surface area contributed by atoms with E-state index in [9.17, 15) is 61.3 Å². The minimum Gasteiger partial charge on any atom is -0.508 e. The van der Waals surface area contributed by atoms with E-state index in [1.807, 2.05) is 0 Å². The van der Waals surface area contributed by atoms with Crippen molar-refractivity contribution in [3.05, 3.63) is 97.1 Å². The molecule has 0 saturated heterocycles. The van der Waals surface area contributed by atoms with Gasteiger partial charge in [0, 0.05) is 59.3 Å². The van der Waals surface area contributed by atoms with Crippen molar-refractivity contribution in [2.75, 3.05) is 9.80 Å². The fourth-order valence-electron chi connectivity index (χ4n) is 7.14. The van der Waals surface area contributed by atoms with E-state index in [0.29, 0.717) is 32.3 Å². The maximum atomic E-state index is 11.1. The van der Waals surface area contributed by atoms with Crippen LogP contribution in [0.15, 0.2) is 97.1 Å². The topological polar surface area (TPSA) is 249 Å². The van der Waals surface area contributed by atoms with Crippen molar-refractivity contribution in [3.63, 3.8) is 0 Å². The Morgan fingerprint density at radius 1 is 0.278 bits per heavy atom. The SMILES string of the molecule is Oc1cc(O)c(N(c2c(O)cc(O)cc2O)c2ccc3ccc4c(N(c5c(O)cc(O)cc5O)c5c(O)cc(O)cc5O)ccc5ccc2c3c54)c(O)c1. The zero-order valence-corrected chi connectivity index (χ0v) is 27.5. The minimum atomic E-state index is -0.634. The van der Waals surface area contributed by atoms with Crippen LogP contribution >= 0.6 is 0 Å². The van der Waals surface area contributed by atoms with E-state index in [-0.39, 0.29) is 34.1 Å². The van der Waals surface area contributed by atoms with Gasteiger partial charge in [0.05, 0.1) is 11.4 Å². The summed E-state index contributed by atoms with van der Waals surface area (Å²) in [7, 11) is 0. The zero-order chi connectivity index (χ0) is 38.3. The Balaban J connectivity index is 1.48. The maximum absolute atomic E-state index is 11.1. The number of phenols is 12. The highest BCUT2D eigenvalue weighted by molar-refractivity contribution is 6.28. The van der Waals surface area contributed by atoms with Crippen molar-refractivity contribution >= 4 is 66.4 Å². The van der Waals surface area contributed by atoms with Crippen molar-refractivity contribution in [3.8, 4) is 69.0 Å². The fourth-order valence-corrected chi connectivity index (χ4v) is 7.14. The molecule has 0 aromatic heterocycles. The van der Waals surface area contributed by atoms with Gasteiger partial charge in [-0.15, -0.1) is 0 Å². The van der Waals surface area contributed by atoms with Crippen LogP contribution in [0, 0.1) is 0 Å². The number of nitrogens with zero attached hydrogens (tertiary/aromatic N) is 2. The Bertz CT molecular complexity index is 2440. The molecule has 0 aliphatic rings. The van der Waals surface area contributed by atoms with Gasteiger partial charge in [-0.3, -0.25) is 9.80 Å². The van der Waals surface area contributed by atoms with Gasteiger partial charge in [-0.1, -0.05) is 36.4 Å². The monoisotopic (exact) mass is 728 g/mol. The molecule has 0 radical (unpaired) electrons. The zero-order valence-electron chi connectivity index (χ0n) is 27.5. The Hall–Kier alpha value is -8.00. The number of phenolic OH excluding ortho intramolecular Hbond substituents is 12. The minimum absolute atomic E-state index is 0.189. The molecule has 12 N–H and O–H groups in total. The average Bonchev–Trinajstić information content (AvgIpc) is 3.07. The van der Waals surface area contributed by atoms with Gasteiger partial charge in [0.2, 0.25) is 0 Å². The lowest BCUT2D eigenvalue weighted by atomic mass is 9.91. The highest BCUT2D eigenvalue weighted by Gasteiger charge is 2.31. The highest BCUT2D eigenvalue weighted by Crippen LogP contribution is 2.57. The normalized spacial score (nSPS) is 11.5. The lowest BCUT2D eigenvalue weighted by molar-refractivity contribution is 0.422. The summed E-state index contributed by atoms with van der Waals surface area (Å²) in [6.07, 6.45) is 0. The third-order valence-electron chi connectivity index (χ3n) is 9.21. The first kappa shape index (κ1) is 33.2. The first-order valence-corrected chi connectivity index (χ1v) is 16.0. The molecule has 14 heteroatoms. The first-order chi connectivity index (χ1) is 25.7. The molecular formula is C40H28N2O12. The van der Waals surface area contributed by atoms with Crippen molar-refractivity contribution in [1.82, 2.24) is 0 Å². The lowest BCUT2D eigenvalue weighted by Gasteiger charge is -2.31. The molecular weight excluding hydrogens is 700 g/mol. The number of anilines is 6. The molecule has 54 heavy (non-hydrogen) atoms. The second kappa shape index (κ2) is 11.8. The van der Waals surface area contributed by atoms with E-state index in [0.717, 1.165) is 58.3 Å². The summed E-state index contributed by atoms with van der Waals surface area (Å²) in [5.74, 6) is -6.97. The third-order valence-corrected chi connectivity index (χ3v) is 9.21. The third kappa shape index (κ3) is 4.97. The van der Waals surface area contributed by atoms with Crippen LogP contribution in [-0.4, -0.2) is 61.3 Å². The number of hydrogen-bond acceptors (Lipinski definition) is 14. The summed E-state index contributed by atoms with van der Waals surface area (Å²) in [4.78, 5) is 2.32. The molecule has 270 valence electrons. The van der Waals surface area contributed by atoms with Crippen LogP contribution < -0.4 is 9.80 Å². The van der Waals surface area contributed by atoms with Gasteiger partial charge < -0.3 is 61.3 Å². The molecule has 8 aromatic rings. The van der Waals surface area contributed by atoms with E-state index >= 15 is 0 Å². The van der Waals surface area contributed by atoms with Crippen LogP contribution in [0.3, 0.4) is 0 Å². The molecule has 0 amide bonds. The maximum Gasteiger partial charge on any atom is 0.147 e. The second-order valence-electron chi connectivity index (χ2n) is 12.6. The molecule has 0 fully saturated rings. The molecule has 14 nitrogen and oxygen atoms in total. The Morgan fingerprint density at radius 2 is 0.500 bits per heavy atom. The average molecular weight is 729 g/mol. The largest absolute Gasteiger partial charge is 0.508 e. The van der Waals surface area contributed by atoms with E-state index < -0.39 is 69.0 Å². The van der Waals surface area contributed by atoms with Crippen molar-refractivity contribution in [2.45, 2.75) is 0 Å². The number of hydrogen-bond donors (Lipinski definition) is 12. The van der Waals surface area contributed by atoms with Gasteiger partial charge in [0.15, 0.2) is 0 Å². The second-order valence-corrected chi connectivity index (χ2v) is 12.6. The molecule has 8 aromatic carbocycles. The molecule has 0 aliphatic carbocycles. The van der Waals surface area contributed by atoms with Gasteiger partial charge in [0.1, 0.15) is 91.7 Å². The summed E-state index contributed by atoms with van der Waals surface area (Å²) in [5.41, 5.74) is -1.00. The van der Waals surface area contributed by atoms with Crippen LogP contribution in [0.5, 0.6) is 69.0 Å². The fraction of sp³-hybridized carbons (Fsp3) is 0. The molecule has 0 unspecified atom stereocenters. The van der Waals surface area contributed by atoms with Crippen LogP contribution in [-0.2, 0) is 0 Å². The first-order valence-electron chi connectivity index (χ1n) is 16.0. The molecule has 0 saturated carbocycles. The van der Waals surface area contributed by atoms with Crippen LogP contribution in [0.4, 0.5) is 34.1 Å². The summed E-state index contributed by atoms with van der Waals surface area (Å²) in [5, 5.41) is 132. The summed E-state index contributed by atoms with van der Waals surface area (Å²) >= 11 is 0. The van der Waals surface area contributed by atoms with Gasteiger partial charge in [-0.25, -0.2) is 0 Å². The van der Waals surface area contributed by atoms with Crippen LogP contribution in [0.1, 0.15) is 0 Å². The van der Waals surface area contributed by atoms with Crippen LogP contribution in [0.25, 0.3) is 32.3 Å². The van der Waals surface area contributed by atoms with Gasteiger partial charge in [-0.05, 0) is 33.7 Å². The quantitative estimate of drug-likeness (QED) is 0.0726. The predicted octanol–water partition coefficient (Wildman–Crippen LogP) is 7.99. The number of rotatable bonds is 6. The lowest BCUT2D eigenvalue weighted by Crippen LogP contribution is -2.12. The molecule has 0 aliphatic heterocycles. The standard InChI is InChI=1S/C40H28N2O12/c43-19-9-27(47)37(28(48)10-19)41(38-29(49)11-20(44)12-30(38)50)25-8-4-18-2-6-24-26(7-3-17-1-5-23(25)36(18)35(17)24)42(39-31(51)13-21(45)14-32(39)52)40-33(53)15-22(46)16-34(40)54/h1-16,43-54H. The van der Waals surface area contributed by atoms with Crippen molar-refractivity contribution < 1.29 is 61.3 Å². The number of benzene rings is 8. The van der Waals surface area contributed by atoms with E-state index in [2.05, 4.69) is 0 Å². The number of aromatic hydroxyl groups is 12. The van der Waals surface area contributed by atoms with E-state index in [1.165, 1.54) is 0 Å². The van der Waals surface area contributed by atoms with Gasteiger partial charge in [-0.2, -0.15) is 0 Å². The van der Waals surface area contributed by atoms with Crippen molar-refractivity contribution in [2.24, 2.45) is 0 Å². The molecule has 0 spiro atoms. The summed E-state index contributed by atoms with van der Waals surface area (Å²) in [6.45, 7) is 0. The molecule has 0 bridgehead atoms. The van der Waals surface area contributed by atoms with E-state index in [1.54, 1.807) is 48.5 Å². The Morgan fingerprint density at radius 3 is 0.741 bits per heavy atom.